The summed E-state index contributed by atoms with van der Waals surface area (Å²) >= 11 is 1.74. The first-order valence-corrected chi connectivity index (χ1v) is 7.31. The molecule has 0 amide bonds. The Morgan fingerprint density at radius 1 is 1.47 bits per heavy atom. The Labute approximate surface area is 116 Å². The lowest BCUT2D eigenvalue weighted by Gasteiger charge is -2.35. The van der Waals surface area contributed by atoms with Gasteiger partial charge in [0, 0.05) is 24.9 Å². The summed E-state index contributed by atoms with van der Waals surface area (Å²) in [7, 11) is 0. The molecule has 0 aromatic carbocycles. The van der Waals surface area contributed by atoms with Crippen LogP contribution in [0.5, 0.6) is 0 Å². The van der Waals surface area contributed by atoms with Crippen LogP contribution in [-0.2, 0) is 4.74 Å². The van der Waals surface area contributed by atoms with E-state index in [-0.39, 0.29) is 12.1 Å². The third-order valence-electron chi connectivity index (χ3n) is 3.41. The van der Waals surface area contributed by atoms with E-state index < -0.39 is 0 Å². The molecule has 6 heteroatoms. The van der Waals surface area contributed by atoms with Crippen LogP contribution in [0.1, 0.15) is 35.7 Å². The fourth-order valence-electron chi connectivity index (χ4n) is 2.30. The van der Waals surface area contributed by atoms with Crippen molar-refractivity contribution in [2.45, 2.75) is 26.0 Å². The summed E-state index contributed by atoms with van der Waals surface area (Å²) in [5, 5.41) is 10.1. The molecule has 1 fully saturated rings. The first-order chi connectivity index (χ1) is 9.24. The zero-order chi connectivity index (χ0) is 13.2. The summed E-state index contributed by atoms with van der Waals surface area (Å²) in [6.07, 6.45) is 0.153. The van der Waals surface area contributed by atoms with Gasteiger partial charge in [0.25, 0.3) is 0 Å². The van der Waals surface area contributed by atoms with Crippen LogP contribution in [0.15, 0.2) is 21.9 Å². The second-order valence-corrected chi connectivity index (χ2v) is 5.68. The fourth-order valence-corrected chi connectivity index (χ4v) is 3.07. The summed E-state index contributed by atoms with van der Waals surface area (Å²) in [4.78, 5) is 3.61. The van der Waals surface area contributed by atoms with Crippen molar-refractivity contribution in [3.05, 3.63) is 34.2 Å². The van der Waals surface area contributed by atoms with E-state index in [1.165, 1.54) is 4.88 Å². The Hall–Kier alpha value is -1.24. The molecule has 1 aliphatic heterocycles. The molecule has 1 aliphatic rings. The molecule has 0 bridgehead atoms. The highest BCUT2D eigenvalue weighted by Gasteiger charge is 2.28. The SMILES string of the molecule is Cc1nnc(C(C)N2CCOC(c3cccs3)C2)o1. The number of rotatable bonds is 3. The Bertz CT molecular complexity index is 526. The fraction of sp³-hybridized carbons (Fsp3) is 0.538. The average molecular weight is 279 g/mol. The van der Waals surface area contributed by atoms with Crippen LogP contribution in [0.2, 0.25) is 0 Å². The zero-order valence-corrected chi connectivity index (χ0v) is 11.9. The predicted octanol–water partition coefficient (Wildman–Crippen LogP) is 2.57. The third kappa shape index (κ3) is 2.70. The maximum atomic E-state index is 5.85. The molecule has 5 nitrogen and oxygen atoms in total. The topological polar surface area (TPSA) is 51.4 Å². The molecule has 2 unspecified atom stereocenters. The highest BCUT2D eigenvalue weighted by Crippen LogP contribution is 2.30. The highest BCUT2D eigenvalue weighted by atomic mass is 32.1. The van der Waals surface area contributed by atoms with Gasteiger partial charge < -0.3 is 9.15 Å². The number of aryl methyl sites for hydroxylation is 1. The minimum Gasteiger partial charge on any atom is -0.424 e. The van der Waals surface area contributed by atoms with Gasteiger partial charge in [-0.1, -0.05) is 6.07 Å². The number of aromatic nitrogens is 2. The number of ether oxygens (including phenoxy) is 1. The van der Waals surface area contributed by atoms with E-state index in [1.807, 2.05) is 6.92 Å². The Balaban J connectivity index is 1.71. The number of nitrogens with zero attached hydrogens (tertiary/aromatic N) is 3. The van der Waals surface area contributed by atoms with Gasteiger partial charge in [-0.25, -0.2) is 0 Å². The third-order valence-corrected chi connectivity index (χ3v) is 4.37. The quantitative estimate of drug-likeness (QED) is 0.864. The molecule has 0 spiro atoms. The molecule has 3 rings (SSSR count). The monoisotopic (exact) mass is 279 g/mol. The Morgan fingerprint density at radius 2 is 2.37 bits per heavy atom. The van der Waals surface area contributed by atoms with Gasteiger partial charge in [-0.15, -0.1) is 21.5 Å². The molecule has 0 aliphatic carbocycles. The molecule has 2 atom stereocenters. The van der Waals surface area contributed by atoms with Crippen LogP contribution >= 0.6 is 11.3 Å². The van der Waals surface area contributed by atoms with Gasteiger partial charge in [-0.2, -0.15) is 0 Å². The molecule has 2 aromatic heterocycles. The predicted molar refractivity (Wildman–Crippen MR) is 72.0 cm³/mol. The van der Waals surface area contributed by atoms with Gasteiger partial charge in [0.1, 0.15) is 6.10 Å². The smallest absolute Gasteiger partial charge is 0.233 e. The van der Waals surface area contributed by atoms with Crippen LogP contribution in [0.3, 0.4) is 0 Å². The lowest BCUT2D eigenvalue weighted by molar-refractivity contribution is -0.0448. The Morgan fingerprint density at radius 3 is 3.05 bits per heavy atom. The molecule has 0 saturated carbocycles. The number of morpholine rings is 1. The zero-order valence-electron chi connectivity index (χ0n) is 11.1. The minimum atomic E-state index is 0.132. The molecule has 0 N–H and O–H groups in total. The van der Waals surface area contributed by atoms with Crippen molar-refractivity contribution >= 4 is 11.3 Å². The van der Waals surface area contributed by atoms with Crippen LogP contribution < -0.4 is 0 Å². The van der Waals surface area contributed by atoms with Crippen LogP contribution in [0.4, 0.5) is 0 Å². The van der Waals surface area contributed by atoms with E-state index in [2.05, 4.69) is 39.5 Å². The summed E-state index contributed by atoms with van der Waals surface area (Å²) < 4.78 is 11.4. The summed E-state index contributed by atoms with van der Waals surface area (Å²) in [6.45, 7) is 6.41. The van der Waals surface area contributed by atoms with E-state index in [1.54, 1.807) is 11.3 Å². The van der Waals surface area contributed by atoms with Crippen molar-refractivity contribution in [1.29, 1.82) is 0 Å². The minimum absolute atomic E-state index is 0.132. The van der Waals surface area contributed by atoms with Gasteiger partial charge in [-0.05, 0) is 18.4 Å². The largest absolute Gasteiger partial charge is 0.424 e. The van der Waals surface area contributed by atoms with Gasteiger partial charge >= 0.3 is 0 Å². The van der Waals surface area contributed by atoms with E-state index >= 15 is 0 Å². The second kappa shape index (κ2) is 5.40. The van der Waals surface area contributed by atoms with Gasteiger partial charge in [0.2, 0.25) is 11.8 Å². The van der Waals surface area contributed by atoms with Crippen molar-refractivity contribution in [2.75, 3.05) is 19.7 Å². The van der Waals surface area contributed by atoms with E-state index in [4.69, 9.17) is 9.15 Å². The maximum absolute atomic E-state index is 5.85. The molecule has 3 heterocycles. The molecule has 0 radical (unpaired) electrons. The van der Waals surface area contributed by atoms with Crippen molar-refractivity contribution in [1.82, 2.24) is 15.1 Å². The molecule has 1 saturated heterocycles. The lowest BCUT2D eigenvalue weighted by Crippen LogP contribution is -2.39. The van der Waals surface area contributed by atoms with Gasteiger partial charge in [0.15, 0.2) is 0 Å². The van der Waals surface area contributed by atoms with Crippen molar-refractivity contribution in [3.63, 3.8) is 0 Å². The molecular weight excluding hydrogens is 262 g/mol. The molecule has 19 heavy (non-hydrogen) atoms. The van der Waals surface area contributed by atoms with E-state index in [0.717, 1.165) is 19.7 Å². The number of hydrogen-bond acceptors (Lipinski definition) is 6. The standard InChI is InChI=1S/C13H17N3O2S/c1-9(13-15-14-10(2)18-13)16-5-6-17-11(8-16)12-4-3-7-19-12/h3-4,7,9,11H,5-6,8H2,1-2H3. The van der Waals surface area contributed by atoms with Crippen molar-refractivity contribution in [2.24, 2.45) is 0 Å². The van der Waals surface area contributed by atoms with Gasteiger partial charge in [-0.3, -0.25) is 4.90 Å². The summed E-state index contributed by atoms with van der Waals surface area (Å²) in [5.74, 6) is 1.30. The first-order valence-electron chi connectivity index (χ1n) is 6.43. The molecule has 102 valence electrons. The number of hydrogen-bond donors (Lipinski definition) is 0. The molecule has 2 aromatic rings. The van der Waals surface area contributed by atoms with Gasteiger partial charge in [0.05, 0.1) is 12.6 Å². The second-order valence-electron chi connectivity index (χ2n) is 4.71. The summed E-state index contributed by atoms with van der Waals surface area (Å²) in [6, 6.07) is 4.32. The normalized spacial score (nSPS) is 22.5. The van der Waals surface area contributed by atoms with Crippen molar-refractivity contribution < 1.29 is 9.15 Å². The van der Waals surface area contributed by atoms with E-state index in [9.17, 15) is 0 Å². The summed E-state index contributed by atoms with van der Waals surface area (Å²) in [5.41, 5.74) is 0. The lowest BCUT2D eigenvalue weighted by atomic mass is 10.2. The maximum Gasteiger partial charge on any atom is 0.233 e. The van der Waals surface area contributed by atoms with Crippen LogP contribution in [0.25, 0.3) is 0 Å². The van der Waals surface area contributed by atoms with Crippen molar-refractivity contribution in [3.8, 4) is 0 Å². The van der Waals surface area contributed by atoms with Crippen LogP contribution in [-0.4, -0.2) is 34.8 Å². The van der Waals surface area contributed by atoms with Crippen LogP contribution in [0, 0.1) is 6.92 Å². The first kappa shape index (κ1) is 12.8. The number of thiophene rings is 1. The average Bonchev–Trinajstić information content (AvgIpc) is 3.09. The Kier molecular flexibility index (Phi) is 3.63. The highest BCUT2D eigenvalue weighted by molar-refractivity contribution is 7.10. The van der Waals surface area contributed by atoms with E-state index in [0.29, 0.717) is 11.8 Å². The molecular formula is C13H17N3O2S.